The molecule has 1 N–H and O–H groups in total. The molecule has 5 nitrogen and oxygen atoms in total. The zero-order chi connectivity index (χ0) is 13.9. The van der Waals surface area contributed by atoms with Gasteiger partial charge in [0.05, 0.1) is 0 Å². The monoisotopic (exact) mass is 275 g/mol. The van der Waals surface area contributed by atoms with Gasteiger partial charge < -0.3 is 23.9 Å². The van der Waals surface area contributed by atoms with E-state index in [4.69, 9.17) is 18.6 Å². The molecule has 0 unspecified atom stereocenters. The van der Waals surface area contributed by atoms with Crippen molar-refractivity contribution in [3.05, 3.63) is 41.3 Å². The highest BCUT2D eigenvalue weighted by molar-refractivity contribution is 5.46. The van der Waals surface area contributed by atoms with Crippen molar-refractivity contribution in [1.82, 2.24) is 5.32 Å². The van der Waals surface area contributed by atoms with Crippen LogP contribution < -0.4 is 19.5 Å². The summed E-state index contributed by atoms with van der Waals surface area (Å²) in [4.78, 5) is 0. The summed E-state index contributed by atoms with van der Waals surface area (Å²) in [5.41, 5.74) is 1.15. The van der Waals surface area contributed by atoms with Crippen molar-refractivity contribution in [2.75, 3.05) is 13.8 Å². The van der Waals surface area contributed by atoms with Crippen LogP contribution in [0.25, 0.3) is 0 Å². The highest BCUT2D eigenvalue weighted by atomic mass is 16.7. The smallest absolute Gasteiger partial charge is 0.231 e. The summed E-state index contributed by atoms with van der Waals surface area (Å²) in [6.07, 6.45) is 0. The fraction of sp³-hybridized carbons (Fsp3) is 0.333. The van der Waals surface area contributed by atoms with E-state index in [1.54, 1.807) is 0 Å². The van der Waals surface area contributed by atoms with Gasteiger partial charge in [-0.25, -0.2) is 0 Å². The van der Waals surface area contributed by atoms with Crippen LogP contribution in [0.1, 0.15) is 17.1 Å². The molecule has 1 aromatic heterocycles. The second-order valence-electron chi connectivity index (χ2n) is 4.63. The molecule has 1 aliphatic heterocycles. The molecule has 106 valence electrons. The van der Waals surface area contributed by atoms with Crippen molar-refractivity contribution >= 4 is 0 Å². The summed E-state index contributed by atoms with van der Waals surface area (Å²) in [6, 6.07) is 7.54. The van der Waals surface area contributed by atoms with Gasteiger partial charge in [0.1, 0.15) is 23.9 Å². The number of fused-ring (bicyclic) bond motifs is 1. The van der Waals surface area contributed by atoms with Crippen molar-refractivity contribution in [3.63, 3.8) is 0 Å². The maximum atomic E-state index is 5.71. The van der Waals surface area contributed by atoms with E-state index in [1.807, 2.05) is 38.2 Å². The fourth-order valence-corrected chi connectivity index (χ4v) is 2.15. The van der Waals surface area contributed by atoms with Crippen molar-refractivity contribution in [2.24, 2.45) is 0 Å². The molecule has 5 heteroatoms. The number of aryl methyl sites for hydroxylation is 1. The standard InChI is InChI=1S/C15H17NO4/c1-10-11(7-16-2)5-13(20-10)8-17-12-3-4-14-15(6-12)19-9-18-14/h3-6,16H,7-9H2,1-2H3. The Balaban J connectivity index is 1.66. The van der Waals surface area contributed by atoms with Gasteiger partial charge in [-0.15, -0.1) is 0 Å². The minimum absolute atomic E-state index is 0.267. The predicted molar refractivity (Wildman–Crippen MR) is 73.1 cm³/mol. The summed E-state index contributed by atoms with van der Waals surface area (Å²) in [5.74, 6) is 3.93. The Kier molecular flexibility index (Phi) is 3.52. The Bertz CT molecular complexity index is 606. The molecule has 0 saturated heterocycles. The summed E-state index contributed by atoms with van der Waals surface area (Å²) in [5, 5.41) is 3.11. The number of rotatable bonds is 5. The van der Waals surface area contributed by atoms with Gasteiger partial charge in [0, 0.05) is 18.2 Å². The molecule has 0 bridgehead atoms. The molecule has 20 heavy (non-hydrogen) atoms. The van der Waals surface area contributed by atoms with Crippen LogP contribution in [0.15, 0.2) is 28.7 Å². The third-order valence-corrected chi connectivity index (χ3v) is 3.16. The molecule has 0 spiro atoms. The fourth-order valence-electron chi connectivity index (χ4n) is 2.15. The number of furan rings is 1. The molecule has 1 aliphatic rings. The first kappa shape index (κ1) is 12.9. The van der Waals surface area contributed by atoms with E-state index in [2.05, 4.69) is 5.32 Å². The van der Waals surface area contributed by atoms with E-state index in [9.17, 15) is 0 Å². The van der Waals surface area contributed by atoms with Gasteiger partial charge in [-0.05, 0) is 32.2 Å². The summed E-state index contributed by atoms with van der Waals surface area (Å²) >= 11 is 0. The highest BCUT2D eigenvalue weighted by Gasteiger charge is 2.14. The van der Waals surface area contributed by atoms with Gasteiger partial charge in [0.2, 0.25) is 6.79 Å². The first-order chi connectivity index (χ1) is 9.76. The van der Waals surface area contributed by atoms with Crippen LogP contribution in [0.5, 0.6) is 17.2 Å². The van der Waals surface area contributed by atoms with Gasteiger partial charge in [0.15, 0.2) is 11.5 Å². The first-order valence-electron chi connectivity index (χ1n) is 6.51. The number of nitrogens with one attached hydrogen (secondary N) is 1. The van der Waals surface area contributed by atoms with Gasteiger partial charge in [0.25, 0.3) is 0 Å². The summed E-state index contributed by atoms with van der Waals surface area (Å²) < 4.78 is 21.9. The number of benzene rings is 1. The predicted octanol–water partition coefficient (Wildman–Crippen LogP) is 2.62. The zero-order valence-electron chi connectivity index (χ0n) is 11.6. The summed E-state index contributed by atoms with van der Waals surface area (Å²) in [6.45, 7) is 3.41. The maximum absolute atomic E-state index is 5.71. The Morgan fingerprint density at radius 1 is 1.20 bits per heavy atom. The maximum Gasteiger partial charge on any atom is 0.231 e. The van der Waals surface area contributed by atoms with E-state index >= 15 is 0 Å². The third kappa shape index (κ3) is 2.58. The zero-order valence-corrected chi connectivity index (χ0v) is 11.6. The lowest BCUT2D eigenvalue weighted by Crippen LogP contribution is -2.04. The van der Waals surface area contributed by atoms with Crippen LogP contribution in [0.4, 0.5) is 0 Å². The number of hydrogen-bond acceptors (Lipinski definition) is 5. The molecule has 1 aromatic carbocycles. The third-order valence-electron chi connectivity index (χ3n) is 3.16. The normalized spacial score (nSPS) is 12.7. The van der Waals surface area contributed by atoms with Crippen LogP contribution in [0.3, 0.4) is 0 Å². The Hall–Kier alpha value is -2.14. The molecule has 0 radical (unpaired) electrons. The second-order valence-corrected chi connectivity index (χ2v) is 4.63. The molecular weight excluding hydrogens is 258 g/mol. The molecule has 0 amide bonds. The van der Waals surface area contributed by atoms with Crippen LogP contribution >= 0.6 is 0 Å². The van der Waals surface area contributed by atoms with Crippen LogP contribution in [0, 0.1) is 6.92 Å². The van der Waals surface area contributed by atoms with Crippen molar-refractivity contribution in [1.29, 1.82) is 0 Å². The van der Waals surface area contributed by atoms with Crippen LogP contribution in [-0.4, -0.2) is 13.8 Å². The lowest BCUT2D eigenvalue weighted by molar-refractivity contribution is 0.173. The Labute approximate surface area is 117 Å². The largest absolute Gasteiger partial charge is 0.486 e. The SMILES string of the molecule is CNCc1cc(COc2ccc3c(c2)OCO3)oc1C. The first-order valence-corrected chi connectivity index (χ1v) is 6.51. The molecule has 0 atom stereocenters. The van der Waals surface area contributed by atoms with Gasteiger partial charge in [-0.2, -0.15) is 0 Å². The van der Waals surface area contributed by atoms with E-state index in [1.165, 1.54) is 0 Å². The van der Waals surface area contributed by atoms with Crippen LogP contribution in [0.2, 0.25) is 0 Å². The van der Waals surface area contributed by atoms with Gasteiger partial charge in [-0.3, -0.25) is 0 Å². The average molecular weight is 275 g/mol. The lowest BCUT2D eigenvalue weighted by atomic mass is 10.2. The average Bonchev–Trinajstić information content (AvgIpc) is 3.03. The van der Waals surface area contributed by atoms with Crippen molar-refractivity contribution in [2.45, 2.75) is 20.1 Å². The summed E-state index contributed by atoms with van der Waals surface area (Å²) in [7, 11) is 1.91. The van der Waals surface area contributed by atoms with E-state index in [0.29, 0.717) is 12.4 Å². The second kappa shape index (κ2) is 5.46. The van der Waals surface area contributed by atoms with E-state index in [-0.39, 0.29) is 6.79 Å². The number of ether oxygens (including phenoxy) is 3. The van der Waals surface area contributed by atoms with Crippen molar-refractivity contribution in [3.8, 4) is 17.2 Å². The molecule has 0 saturated carbocycles. The molecule has 0 aliphatic carbocycles. The van der Waals surface area contributed by atoms with Gasteiger partial charge in [-0.1, -0.05) is 0 Å². The minimum Gasteiger partial charge on any atom is -0.486 e. The van der Waals surface area contributed by atoms with Crippen molar-refractivity contribution < 1.29 is 18.6 Å². The lowest BCUT2D eigenvalue weighted by Gasteiger charge is -2.04. The van der Waals surface area contributed by atoms with Gasteiger partial charge >= 0.3 is 0 Å². The molecule has 3 rings (SSSR count). The van der Waals surface area contributed by atoms with E-state index < -0.39 is 0 Å². The minimum atomic E-state index is 0.267. The Morgan fingerprint density at radius 3 is 2.90 bits per heavy atom. The highest BCUT2D eigenvalue weighted by Crippen LogP contribution is 2.35. The molecular formula is C15H17NO4. The molecule has 2 heterocycles. The number of hydrogen-bond donors (Lipinski definition) is 1. The van der Waals surface area contributed by atoms with E-state index in [0.717, 1.165) is 35.1 Å². The van der Waals surface area contributed by atoms with Crippen LogP contribution in [-0.2, 0) is 13.2 Å². The molecule has 2 aromatic rings. The topological polar surface area (TPSA) is 52.9 Å². The quantitative estimate of drug-likeness (QED) is 0.909. The molecule has 0 fully saturated rings. The Morgan fingerprint density at radius 2 is 2.05 bits per heavy atom.